The maximum Gasteiger partial charge on any atom is 0.333 e. The summed E-state index contributed by atoms with van der Waals surface area (Å²) < 4.78 is 45.7. The van der Waals surface area contributed by atoms with Crippen molar-refractivity contribution in [2.45, 2.75) is 13.8 Å². The first kappa shape index (κ1) is 14.2. The lowest BCUT2D eigenvalue weighted by Crippen LogP contribution is -2.07. The Kier molecular flexibility index (Phi) is 7.62. The Morgan fingerprint density at radius 1 is 1.29 bits per heavy atom. The molecule has 0 heterocycles. The van der Waals surface area contributed by atoms with E-state index in [2.05, 4.69) is 4.18 Å². The summed E-state index contributed by atoms with van der Waals surface area (Å²) in [6.07, 6.45) is -0.0668. The molecule has 0 saturated carbocycles. The van der Waals surface area contributed by atoms with Gasteiger partial charge in [-0.3, -0.25) is 4.57 Å². The lowest BCUT2D eigenvalue weighted by atomic mass is 10.9. The molecule has 0 radical (unpaired) electrons. The van der Waals surface area contributed by atoms with E-state index in [0.717, 1.165) is 0 Å². The van der Waals surface area contributed by atoms with Crippen molar-refractivity contribution in [1.29, 1.82) is 0 Å². The molecule has 1 atom stereocenters. The molecule has 0 aromatic rings. The van der Waals surface area contributed by atoms with Crippen LogP contribution in [0.5, 0.6) is 0 Å². The van der Waals surface area contributed by atoms with Gasteiger partial charge in [-0.15, -0.1) is 0 Å². The van der Waals surface area contributed by atoms with Crippen LogP contribution in [-0.2, 0) is 29.2 Å². The van der Waals surface area contributed by atoms with Crippen LogP contribution in [0.15, 0.2) is 0 Å². The van der Waals surface area contributed by atoms with Crippen molar-refractivity contribution in [1.82, 2.24) is 0 Å². The Bertz CT molecular complexity index is 210. The molecule has 0 aliphatic carbocycles. The lowest BCUT2D eigenvalue weighted by Gasteiger charge is -2.16. The SMILES string of the molecule is CCOP(=O)(CCOS(=O)[O-])OCC. The first-order chi connectivity index (χ1) is 6.54. The molecule has 0 fully saturated rings. The molecule has 8 heteroatoms. The van der Waals surface area contributed by atoms with Crippen molar-refractivity contribution in [2.75, 3.05) is 26.0 Å². The molecule has 1 unspecified atom stereocenters. The smallest absolute Gasteiger partial charge is 0.333 e. The van der Waals surface area contributed by atoms with E-state index < -0.39 is 19.0 Å². The second-order valence-corrected chi connectivity index (χ2v) is 5.03. The van der Waals surface area contributed by atoms with Crippen LogP contribution in [0.1, 0.15) is 13.8 Å². The molecule has 0 rings (SSSR count). The molecule has 0 aromatic carbocycles. The van der Waals surface area contributed by atoms with Crippen LogP contribution < -0.4 is 0 Å². The Balaban J connectivity index is 3.96. The predicted molar refractivity (Wildman–Crippen MR) is 50.6 cm³/mol. The largest absolute Gasteiger partial charge is 0.750 e. The molecular weight excluding hydrogens is 231 g/mol. The maximum atomic E-state index is 11.7. The van der Waals surface area contributed by atoms with Crippen LogP contribution in [0.2, 0.25) is 0 Å². The average molecular weight is 245 g/mol. The zero-order chi connectivity index (χ0) is 11.0. The summed E-state index contributed by atoms with van der Waals surface area (Å²) in [6, 6.07) is 0. The predicted octanol–water partition coefficient (Wildman–Crippen LogP) is 1.06. The van der Waals surface area contributed by atoms with Gasteiger partial charge in [0.15, 0.2) is 0 Å². The van der Waals surface area contributed by atoms with E-state index in [1.54, 1.807) is 13.8 Å². The second kappa shape index (κ2) is 7.50. The summed E-state index contributed by atoms with van der Waals surface area (Å²) in [5, 5.41) is 0. The molecule has 0 aliphatic rings. The Morgan fingerprint density at radius 3 is 2.14 bits per heavy atom. The third-order valence-corrected chi connectivity index (χ3v) is 3.59. The van der Waals surface area contributed by atoms with Crippen molar-refractivity contribution in [3.05, 3.63) is 0 Å². The summed E-state index contributed by atoms with van der Waals surface area (Å²) in [5.41, 5.74) is 0. The number of hydrogen-bond donors (Lipinski definition) is 0. The third kappa shape index (κ3) is 6.64. The first-order valence-electron chi connectivity index (χ1n) is 4.14. The molecule has 0 aliphatic heterocycles. The summed E-state index contributed by atoms with van der Waals surface area (Å²) >= 11 is -2.59. The van der Waals surface area contributed by atoms with Gasteiger partial charge in [0, 0.05) is 0 Å². The van der Waals surface area contributed by atoms with Gasteiger partial charge in [0.1, 0.15) is 0 Å². The van der Waals surface area contributed by atoms with Gasteiger partial charge in [0.2, 0.25) is 0 Å². The minimum absolute atomic E-state index is 0.0668. The minimum atomic E-state index is -3.17. The highest BCUT2D eigenvalue weighted by Crippen LogP contribution is 2.47. The molecular formula is C6H14O6PS-. The van der Waals surface area contributed by atoms with Gasteiger partial charge in [-0.2, -0.15) is 0 Å². The highest BCUT2D eigenvalue weighted by Gasteiger charge is 2.22. The van der Waals surface area contributed by atoms with E-state index >= 15 is 0 Å². The van der Waals surface area contributed by atoms with E-state index in [9.17, 15) is 13.3 Å². The average Bonchev–Trinajstić information content (AvgIpc) is 2.03. The minimum Gasteiger partial charge on any atom is -0.750 e. The van der Waals surface area contributed by atoms with Gasteiger partial charge in [-0.05, 0) is 13.8 Å². The van der Waals surface area contributed by atoms with Crippen LogP contribution >= 0.6 is 7.60 Å². The fraction of sp³-hybridized carbons (Fsp3) is 1.00. The Labute approximate surface area is 86.0 Å². The Morgan fingerprint density at radius 2 is 1.79 bits per heavy atom. The summed E-state index contributed by atoms with van der Waals surface area (Å²) in [5.74, 6) is 0. The van der Waals surface area contributed by atoms with Crippen molar-refractivity contribution < 1.29 is 26.6 Å². The second-order valence-electron chi connectivity index (χ2n) is 2.20. The van der Waals surface area contributed by atoms with E-state index in [-0.39, 0.29) is 26.0 Å². The third-order valence-electron chi connectivity index (χ3n) is 1.20. The lowest BCUT2D eigenvalue weighted by molar-refractivity contribution is 0.213. The van der Waals surface area contributed by atoms with Crippen LogP contribution in [0.4, 0.5) is 0 Å². The number of rotatable bonds is 8. The van der Waals surface area contributed by atoms with Gasteiger partial charge in [-0.25, -0.2) is 4.21 Å². The summed E-state index contributed by atoms with van der Waals surface area (Å²) in [7, 11) is -3.17. The zero-order valence-corrected chi connectivity index (χ0v) is 9.84. The van der Waals surface area contributed by atoms with Crippen LogP contribution in [0, 0.1) is 0 Å². The molecule has 86 valence electrons. The van der Waals surface area contributed by atoms with Crippen LogP contribution in [-0.4, -0.2) is 34.7 Å². The normalized spacial score (nSPS) is 14.2. The van der Waals surface area contributed by atoms with E-state index in [1.165, 1.54) is 0 Å². The Hall–Kier alpha value is 0.220. The molecule has 0 spiro atoms. The van der Waals surface area contributed by atoms with Crippen molar-refractivity contribution >= 4 is 19.0 Å². The van der Waals surface area contributed by atoms with Crippen LogP contribution in [0.3, 0.4) is 0 Å². The fourth-order valence-corrected chi connectivity index (χ4v) is 2.55. The van der Waals surface area contributed by atoms with Crippen molar-refractivity contribution in [3.8, 4) is 0 Å². The molecule has 0 aromatic heterocycles. The van der Waals surface area contributed by atoms with Crippen molar-refractivity contribution in [3.63, 3.8) is 0 Å². The standard InChI is InChI=1S/C6H15O6PS/c1-3-10-13(7,11-4-2)6-5-12-14(8)9/h3-6H2,1-2H3,(H,8,9)/p-1. The summed E-state index contributed by atoms with van der Waals surface area (Å²) in [6.45, 7) is 3.65. The molecule has 0 N–H and O–H groups in total. The van der Waals surface area contributed by atoms with E-state index in [0.29, 0.717) is 0 Å². The summed E-state index contributed by atoms with van der Waals surface area (Å²) in [4.78, 5) is 0. The van der Waals surface area contributed by atoms with Gasteiger partial charge in [0.05, 0.1) is 37.3 Å². The molecule has 0 bridgehead atoms. The fourth-order valence-electron chi connectivity index (χ4n) is 0.777. The highest BCUT2D eigenvalue weighted by atomic mass is 32.2. The van der Waals surface area contributed by atoms with Crippen LogP contribution in [0.25, 0.3) is 0 Å². The maximum absolute atomic E-state index is 11.7. The van der Waals surface area contributed by atoms with Gasteiger partial charge >= 0.3 is 7.60 Å². The zero-order valence-electron chi connectivity index (χ0n) is 8.13. The molecule has 0 saturated heterocycles. The number of hydrogen-bond acceptors (Lipinski definition) is 6. The first-order valence-corrected chi connectivity index (χ1v) is 6.87. The quantitative estimate of drug-likeness (QED) is 0.469. The highest BCUT2D eigenvalue weighted by molar-refractivity contribution is 7.74. The van der Waals surface area contributed by atoms with Gasteiger partial charge in [0.25, 0.3) is 0 Å². The topological polar surface area (TPSA) is 84.9 Å². The van der Waals surface area contributed by atoms with E-state index in [4.69, 9.17) is 9.05 Å². The molecule has 14 heavy (non-hydrogen) atoms. The molecule has 0 amide bonds. The van der Waals surface area contributed by atoms with Gasteiger partial charge < -0.3 is 17.8 Å². The molecule has 6 nitrogen and oxygen atoms in total. The van der Waals surface area contributed by atoms with Crippen molar-refractivity contribution in [2.24, 2.45) is 0 Å². The van der Waals surface area contributed by atoms with Gasteiger partial charge in [-0.1, -0.05) is 0 Å². The monoisotopic (exact) mass is 245 g/mol. The van der Waals surface area contributed by atoms with E-state index in [1.807, 2.05) is 0 Å².